The quantitative estimate of drug-likeness (QED) is 0.237. The van der Waals surface area contributed by atoms with Gasteiger partial charge in [-0.25, -0.2) is 4.39 Å². The van der Waals surface area contributed by atoms with Crippen molar-refractivity contribution < 1.29 is 9.31 Å². The molecule has 0 bridgehead atoms. The third-order valence-corrected chi connectivity index (χ3v) is 6.25. The summed E-state index contributed by atoms with van der Waals surface area (Å²) in [4.78, 5) is 17.2. The van der Waals surface area contributed by atoms with E-state index in [0.717, 1.165) is 22.8 Å². The highest BCUT2D eigenvalue weighted by Gasteiger charge is 2.42. The highest BCUT2D eigenvalue weighted by molar-refractivity contribution is 7.80. The van der Waals surface area contributed by atoms with Crippen LogP contribution >= 0.6 is 12.2 Å². The molecule has 0 radical (unpaired) electrons. The normalized spacial score (nSPS) is 17.6. The van der Waals surface area contributed by atoms with Gasteiger partial charge >= 0.3 is 0 Å². The Balaban J connectivity index is 1.65. The van der Waals surface area contributed by atoms with Crippen molar-refractivity contribution in [3.05, 3.63) is 118 Å². The SMILES string of the molecule is Cc1cc(N2C(=S)NC(c3ccccn3)C2c2cccn2-c2ccc([N+](=O)[O-])cc2)ccc1F. The molecule has 1 saturated heterocycles. The summed E-state index contributed by atoms with van der Waals surface area (Å²) in [6.07, 6.45) is 3.64. The number of aryl methyl sites for hydroxylation is 1. The van der Waals surface area contributed by atoms with Gasteiger partial charge in [-0.1, -0.05) is 6.07 Å². The fraction of sp³-hybridized carbons (Fsp3) is 0.120. The molecule has 0 saturated carbocycles. The van der Waals surface area contributed by atoms with Crippen molar-refractivity contribution in [2.24, 2.45) is 0 Å². The number of hydrogen-bond donors (Lipinski definition) is 1. The summed E-state index contributed by atoms with van der Waals surface area (Å²) in [5.74, 6) is -0.283. The summed E-state index contributed by atoms with van der Waals surface area (Å²) in [5, 5.41) is 15.0. The monoisotopic (exact) mass is 473 g/mol. The molecular formula is C25H20FN5O2S. The molecule has 5 rings (SSSR count). The molecule has 1 N–H and O–H groups in total. The number of pyridine rings is 1. The largest absolute Gasteiger partial charge is 0.351 e. The number of benzene rings is 2. The van der Waals surface area contributed by atoms with Gasteiger partial charge < -0.3 is 14.8 Å². The second kappa shape index (κ2) is 8.68. The Morgan fingerprint density at radius 1 is 1.06 bits per heavy atom. The first-order valence-electron chi connectivity index (χ1n) is 10.6. The van der Waals surface area contributed by atoms with Gasteiger partial charge in [-0.3, -0.25) is 15.1 Å². The van der Waals surface area contributed by atoms with Crippen LogP contribution in [0.1, 0.15) is 29.0 Å². The Bertz CT molecular complexity index is 1370. The molecule has 34 heavy (non-hydrogen) atoms. The van der Waals surface area contributed by atoms with Crippen LogP contribution in [0.3, 0.4) is 0 Å². The van der Waals surface area contributed by atoms with Gasteiger partial charge in [-0.05, 0) is 79.3 Å². The van der Waals surface area contributed by atoms with E-state index in [4.69, 9.17) is 12.2 Å². The van der Waals surface area contributed by atoms with Crippen LogP contribution in [0.5, 0.6) is 0 Å². The van der Waals surface area contributed by atoms with E-state index >= 15 is 0 Å². The van der Waals surface area contributed by atoms with Crippen LogP contribution in [0.15, 0.2) is 85.2 Å². The van der Waals surface area contributed by atoms with Crippen molar-refractivity contribution in [1.82, 2.24) is 14.9 Å². The van der Waals surface area contributed by atoms with Crippen LogP contribution in [0, 0.1) is 22.9 Å². The number of halogens is 1. The summed E-state index contributed by atoms with van der Waals surface area (Å²) in [6.45, 7) is 1.72. The van der Waals surface area contributed by atoms with Gasteiger partial charge in [0.05, 0.1) is 16.7 Å². The fourth-order valence-corrected chi connectivity index (χ4v) is 4.66. The van der Waals surface area contributed by atoms with Crippen molar-refractivity contribution in [3.8, 4) is 5.69 Å². The van der Waals surface area contributed by atoms with Gasteiger partial charge in [0.2, 0.25) is 0 Å². The summed E-state index contributed by atoms with van der Waals surface area (Å²) in [7, 11) is 0. The van der Waals surface area contributed by atoms with E-state index in [9.17, 15) is 14.5 Å². The maximum absolute atomic E-state index is 14.0. The lowest BCUT2D eigenvalue weighted by Crippen LogP contribution is -2.30. The Hall–Kier alpha value is -4.11. The number of aromatic nitrogens is 2. The molecule has 2 atom stereocenters. The number of hydrogen-bond acceptors (Lipinski definition) is 4. The molecular weight excluding hydrogens is 453 g/mol. The molecule has 1 aliphatic heterocycles. The first kappa shape index (κ1) is 21.7. The van der Waals surface area contributed by atoms with E-state index in [1.54, 1.807) is 37.4 Å². The summed E-state index contributed by atoms with van der Waals surface area (Å²) < 4.78 is 16.0. The lowest BCUT2D eigenvalue weighted by molar-refractivity contribution is -0.384. The Morgan fingerprint density at radius 3 is 2.50 bits per heavy atom. The van der Waals surface area contributed by atoms with Crippen LogP contribution in [-0.4, -0.2) is 19.6 Å². The van der Waals surface area contributed by atoms with E-state index in [0.29, 0.717) is 10.7 Å². The van der Waals surface area contributed by atoms with Gasteiger partial charge in [0.15, 0.2) is 5.11 Å². The molecule has 3 heterocycles. The number of anilines is 1. The second-order valence-corrected chi connectivity index (χ2v) is 8.39. The molecule has 7 nitrogen and oxygen atoms in total. The lowest BCUT2D eigenvalue weighted by atomic mass is 10.0. The molecule has 0 spiro atoms. The molecule has 2 unspecified atom stereocenters. The van der Waals surface area contributed by atoms with E-state index < -0.39 is 4.92 Å². The minimum atomic E-state index is -0.421. The van der Waals surface area contributed by atoms with E-state index in [1.807, 2.05) is 46.0 Å². The van der Waals surface area contributed by atoms with E-state index in [2.05, 4.69) is 10.3 Å². The Labute approximate surface area is 200 Å². The number of rotatable bonds is 5. The number of thiocarbonyl (C=S) groups is 1. The molecule has 4 aromatic rings. The van der Waals surface area contributed by atoms with Gasteiger partial charge in [0, 0.05) is 41.6 Å². The third-order valence-electron chi connectivity index (χ3n) is 5.94. The van der Waals surface area contributed by atoms with Crippen molar-refractivity contribution >= 4 is 28.7 Å². The van der Waals surface area contributed by atoms with Crippen molar-refractivity contribution in [1.29, 1.82) is 0 Å². The molecule has 2 aromatic heterocycles. The van der Waals surface area contributed by atoms with Gasteiger partial charge in [0.1, 0.15) is 11.9 Å². The molecule has 0 aliphatic carbocycles. The number of non-ortho nitro benzene ring substituents is 1. The molecule has 0 amide bonds. The number of nitrogens with zero attached hydrogens (tertiary/aromatic N) is 4. The Kier molecular flexibility index (Phi) is 5.54. The highest BCUT2D eigenvalue weighted by atomic mass is 32.1. The summed E-state index contributed by atoms with van der Waals surface area (Å²) in [5.41, 5.74) is 3.79. The lowest BCUT2D eigenvalue weighted by Gasteiger charge is -2.29. The third kappa shape index (κ3) is 3.80. The number of nitro groups is 1. The number of nitrogens with one attached hydrogen (secondary N) is 1. The first-order chi connectivity index (χ1) is 16.4. The Morgan fingerprint density at radius 2 is 1.82 bits per heavy atom. The predicted octanol–water partition coefficient (Wildman–Crippen LogP) is 5.41. The van der Waals surface area contributed by atoms with Crippen molar-refractivity contribution in [2.45, 2.75) is 19.0 Å². The maximum Gasteiger partial charge on any atom is 0.269 e. The minimum absolute atomic E-state index is 0.0240. The molecule has 1 aliphatic rings. The molecule has 9 heteroatoms. The van der Waals surface area contributed by atoms with E-state index in [-0.39, 0.29) is 23.6 Å². The zero-order chi connectivity index (χ0) is 23.8. The van der Waals surface area contributed by atoms with Crippen molar-refractivity contribution in [2.75, 3.05) is 4.90 Å². The summed E-state index contributed by atoms with van der Waals surface area (Å²) in [6, 6.07) is 20.3. The van der Waals surface area contributed by atoms with Crippen LogP contribution in [0.25, 0.3) is 5.69 Å². The van der Waals surface area contributed by atoms with Crippen molar-refractivity contribution in [3.63, 3.8) is 0 Å². The van der Waals surface area contributed by atoms with Crippen LogP contribution in [-0.2, 0) is 0 Å². The second-order valence-electron chi connectivity index (χ2n) is 8.01. The predicted molar refractivity (Wildman–Crippen MR) is 131 cm³/mol. The number of nitro benzene ring substituents is 1. The minimum Gasteiger partial charge on any atom is -0.351 e. The molecule has 1 fully saturated rings. The van der Waals surface area contributed by atoms with Crippen LogP contribution in [0.2, 0.25) is 0 Å². The van der Waals surface area contributed by atoms with Crippen LogP contribution in [0.4, 0.5) is 15.8 Å². The molecule has 170 valence electrons. The standard InChI is InChI=1S/C25H20FN5O2S/c1-16-15-19(11-12-20(16)26)30-24(23(28-25(30)34)21-5-2-3-13-27-21)22-6-4-14-29(22)17-7-9-18(10-8-17)31(32)33/h2-15,23-24H,1H3,(H,28,34). The van der Waals surface area contributed by atoms with E-state index in [1.165, 1.54) is 18.2 Å². The summed E-state index contributed by atoms with van der Waals surface area (Å²) >= 11 is 5.74. The zero-order valence-electron chi connectivity index (χ0n) is 18.1. The van der Waals surface area contributed by atoms with Gasteiger partial charge in [0.25, 0.3) is 5.69 Å². The average molecular weight is 474 g/mol. The van der Waals surface area contributed by atoms with Crippen LogP contribution < -0.4 is 10.2 Å². The topological polar surface area (TPSA) is 76.2 Å². The first-order valence-corrected chi connectivity index (χ1v) is 11.0. The average Bonchev–Trinajstić information content (AvgIpc) is 3.46. The zero-order valence-corrected chi connectivity index (χ0v) is 18.9. The van der Waals surface area contributed by atoms with Gasteiger partial charge in [-0.15, -0.1) is 0 Å². The fourth-order valence-electron chi connectivity index (χ4n) is 4.32. The highest BCUT2D eigenvalue weighted by Crippen LogP contribution is 2.42. The maximum atomic E-state index is 14.0. The van der Waals surface area contributed by atoms with Gasteiger partial charge in [-0.2, -0.15) is 0 Å². The molecule has 2 aromatic carbocycles. The smallest absolute Gasteiger partial charge is 0.269 e.